The second-order valence-electron chi connectivity index (χ2n) is 11.5. The number of ether oxygens (including phenoxy) is 1. The van der Waals surface area contributed by atoms with Gasteiger partial charge >= 0.3 is 5.97 Å². The first-order valence-corrected chi connectivity index (χ1v) is 12.2. The molecule has 0 bridgehead atoms. The molecule has 6 heteroatoms. The number of ketones is 1. The summed E-state index contributed by atoms with van der Waals surface area (Å²) in [6.45, 7) is 7.37. The third-order valence-corrected chi connectivity index (χ3v) is 9.36. The average Bonchev–Trinajstić information content (AvgIpc) is 3.18. The molecule has 0 aromatic heterocycles. The molecular formula is C28H34O6. The Balaban J connectivity index is 1.54. The lowest BCUT2D eigenvalue weighted by molar-refractivity contribution is -0.186. The molecule has 6 nitrogen and oxygen atoms in total. The summed E-state index contributed by atoms with van der Waals surface area (Å²) in [5.41, 5.74) is -2.50. The predicted octanol–water partition coefficient (Wildman–Crippen LogP) is 2.75. The number of fused-ring (bicyclic) bond motifs is 5. The highest BCUT2D eigenvalue weighted by Gasteiger charge is 2.83. The van der Waals surface area contributed by atoms with Gasteiger partial charge in [0.05, 0.1) is 18.6 Å². The molecule has 0 spiro atoms. The van der Waals surface area contributed by atoms with Crippen LogP contribution in [0.2, 0.25) is 0 Å². The number of aliphatic hydroxyl groups is 3. The lowest BCUT2D eigenvalue weighted by atomic mass is 9.60. The van der Waals surface area contributed by atoms with Crippen LogP contribution in [0.15, 0.2) is 53.6 Å². The standard InChI is InChI=1S/C28H34O6/c1-16-10-21-26(32,24(16)31)14-19(15-29)11-20-23-25(3,4)27(23,13-17(2)28(20,21)33)34-22(30)12-18-8-6-5-7-9-18/h5-11,17,20-21,23,29,32-33H,12-15H2,1-4H3/t17-,20+,21?,23-,26-,27+,28-/m1/s1. The van der Waals surface area contributed by atoms with Gasteiger partial charge in [-0.3, -0.25) is 9.59 Å². The minimum absolute atomic E-state index is 0.0136. The quantitative estimate of drug-likeness (QED) is 0.466. The molecule has 0 amide bonds. The van der Waals surface area contributed by atoms with Crippen LogP contribution in [-0.4, -0.2) is 50.5 Å². The fraction of sp³-hybridized carbons (Fsp3) is 0.571. The molecule has 1 aromatic carbocycles. The van der Waals surface area contributed by atoms with Crippen molar-refractivity contribution < 1.29 is 29.6 Å². The lowest BCUT2D eigenvalue weighted by Gasteiger charge is -2.50. The van der Waals surface area contributed by atoms with Crippen molar-refractivity contribution in [3.05, 3.63) is 59.2 Å². The van der Waals surface area contributed by atoms with Crippen LogP contribution in [0.3, 0.4) is 0 Å². The number of aliphatic hydroxyl groups excluding tert-OH is 1. The summed E-state index contributed by atoms with van der Waals surface area (Å²) < 4.78 is 6.24. The Bertz CT molecular complexity index is 1100. The zero-order chi connectivity index (χ0) is 24.7. The smallest absolute Gasteiger partial charge is 0.310 e. The van der Waals surface area contributed by atoms with Crippen molar-refractivity contribution in [2.24, 2.45) is 29.1 Å². The summed E-state index contributed by atoms with van der Waals surface area (Å²) in [5.74, 6) is -2.52. The van der Waals surface area contributed by atoms with Gasteiger partial charge in [0, 0.05) is 29.6 Å². The molecule has 0 heterocycles. The zero-order valence-corrected chi connectivity index (χ0v) is 20.2. The summed E-state index contributed by atoms with van der Waals surface area (Å²) in [6.07, 6.45) is 4.16. The van der Waals surface area contributed by atoms with Gasteiger partial charge in [0.15, 0.2) is 5.78 Å². The van der Waals surface area contributed by atoms with E-state index in [4.69, 9.17) is 4.74 Å². The van der Waals surface area contributed by atoms with Crippen molar-refractivity contribution in [1.82, 2.24) is 0 Å². The third-order valence-electron chi connectivity index (χ3n) is 9.36. The number of benzene rings is 1. The number of rotatable bonds is 4. The number of hydrogen-bond donors (Lipinski definition) is 3. The largest absolute Gasteiger partial charge is 0.458 e. The molecule has 2 saturated carbocycles. The van der Waals surface area contributed by atoms with Crippen molar-refractivity contribution in [3.8, 4) is 0 Å². The Morgan fingerprint density at radius 1 is 1.15 bits per heavy atom. The maximum Gasteiger partial charge on any atom is 0.310 e. The second-order valence-corrected chi connectivity index (χ2v) is 11.5. The number of esters is 1. The molecular weight excluding hydrogens is 432 g/mol. The molecule has 0 aliphatic heterocycles. The Morgan fingerprint density at radius 2 is 1.82 bits per heavy atom. The van der Waals surface area contributed by atoms with E-state index in [0.29, 0.717) is 17.6 Å². The van der Waals surface area contributed by atoms with Crippen LogP contribution >= 0.6 is 0 Å². The summed E-state index contributed by atoms with van der Waals surface area (Å²) in [4.78, 5) is 26.0. The molecule has 34 heavy (non-hydrogen) atoms. The highest BCUT2D eigenvalue weighted by atomic mass is 16.6. The van der Waals surface area contributed by atoms with E-state index in [-0.39, 0.29) is 43.0 Å². The third kappa shape index (κ3) is 2.91. The van der Waals surface area contributed by atoms with E-state index in [0.717, 1.165) is 5.56 Å². The van der Waals surface area contributed by atoms with E-state index in [1.807, 2.05) is 43.3 Å². The molecule has 7 atom stereocenters. The van der Waals surface area contributed by atoms with Crippen LogP contribution in [0.25, 0.3) is 0 Å². The second kappa shape index (κ2) is 7.36. The molecule has 1 unspecified atom stereocenters. The lowest BCUT2D eigenvalue weighted by Crippen LogP contribution is -2.61. The first kappa shape index (κ1) is 23.5. The van der Waals surface area contributed by atoms with E-state index < -0.39 is 34.1 Å². The van der Waals surface area contributed by atoms with Gasteiger partial charge in [0.1, 0.15) is 11.2 Å². The van der Waals surface area contributed by atoms with E-state index in [2.05, 4.69) is 13.8 Å². The molecule has 0 radical (unpaired) electrons. The van der Waals surface area contributed by atoms with Gasteiger partial charge in [-0.1, -0.05) is 63.3 Å². The molecule has 1 aromatic rings. The molecule has 2 fully saturated rings. The monoisotopic (exact) mass is 466 g/mol. The summed E-state index contributed by atoms with van der Waals surface area (Å²) in [7, 11) is 0. The van der Waals surface area contributed by atoms with Crippen LogP contribution in [0, 0.1) is 29.1 Å². The van der Waals surface area contributed by atoms with Crippen molar-refractivity contribution in [2.45, 2.75) is 63.8 Å². The summed E-state index contributed by atoms with van der Waals surface area (Å²) in [6, 6.07) is 9.47. The topological polar surface area (TPSA) is 104 Å². The van der Waals surface area contributed by atoms with Gasteiger partial charge in [-0.15, -0.1) is 0 Å². The number of Topliss-reactive ketones (excluding diaryl/α,β-unsaturated/α-hetero) is 1. The normalized spacial score (nSPS) is 41.9. The maximum atomic E-state index is 13.0. The molecule has 5 rings (SSSR count). The molecule has 0 saturated heterocycles. The van der Waals surface area contributed by atoms with Crippen molar-refractivity contribution >= 4 is 11.8 Å². The fourth-order valence-corrected chi connectivity index (χ4v) is 7.60. The van der Waals surface area contributed by atoms with E-state index in [9.17, 15) is 24.9 Å². The highest BCUT2D eigenvalue weighted by Crippen LogP contribution is 2.76. The SMILES string of the molecule is CC1=CC2[C@@]3(O)[C@H](C)C[C@]4(OC(=O)Cc5ccccc5)[C@H]([C@@H]3C=C(CO)C[C@]2(O)C1=O)C4(C)C. The van der Waals surface area contributed by atoms with Crippen LogP contribution in [0.5, 0.6) is 0 Å². The summed E-state index contributed by atoms with van der Waals surface area (Å²) in [5, 5.41) is 33.9. The predicted molar refractivity (Wildman–Crippen MR) is 125 cm³/mol. The molecule has 4 aliphatic rings. The maximum absolute atomic E-state index is 13.0. The van der Waals surface area contributed by atoms with E-state index in [1.54, 1.807) is 13.0 Å². The summed E-state index contributed by atoms with van der Waals surface area (Å²) >= 11 is 0. The van der Waals surface area contributed by atoms with Crippen molar-refractivity contribution in [1.29, 1.82) is 0 Å². The van der Waals surface area contributed by atoms with Crippen LogP contribution in [0.4, 0.5) is 0 Å². The van der Waals surface area contributed by atoms with E-state index >= 15 is 0 Å². The molecule has 4 aliphatic carbocycles. The first-order valence-electron chi connectivity index (χ1n) is 12.2. The number of carbonyl (C=O) groups excluding carboxylic acids is 2. The Kier molecular flexibility index (Phi) is 5.08. The highest BCUT2D eigenvalue weighted by molar-refractivity contribution is 6.04. The van der Waals surface area contributed by atoms with Crippen LogP contribution in [0.1, 0.15) is 46.1 Å². The van der Waals surface area contributed by atoms with Crippen LogP contribution in [-0.2, 0) is 20.7 Å². The molecule has 3 N–H and O–H groups in total. The van der Waals surface area contributed by atoms with Gasteiger partial charge in [-0.05, 0) is 36.0 Å². The van der Waals surface area contributed by atoms with Crippen molar-refractivity contribution in [3.63, 3.8) is 0 Å². The average molecular weight is 467 g/mol. The van der Waals surface area contributed by atoms with Gasteiger partial charge in [0.2, 0.25) is 0 Å². The Labute approximate surface area is 200 Å². The Hall–Kier alpha value is -2.28. The van der Waals surface area contributed by atoms with Gasteiger partial charge in [-0.2, -0.15) is 0 Å². The van der Waals surface area contributed by atoms with Gasteiger partial charge in [0.25, 0.3) is 0 Å². The number of carbonyl (C=O) groups is 2. The minimum Gasteiger partial charge on any atom is -0.458 e. The minimum atomic E-state index is -1.78. The van der Waals surface area contributed by atoms with Crippen molar-refractivity contribution in [2.75, 3.05) is 6.61 Å². The first-order chi connectivity index (χ1) is 15.9. The zero-order valence-electron chi connectivity index (χ0n) is 20.2. The van der Waals surface area contributed by atoms with Gasteiger partial charge in [-0.25, -0.2) is 0 Å². The van der Waals surface area contributed by atoms with E-state index in [1.165, 1.54) is 0 Å². The molecule has 182 valence electrons. The number of hydrogen-bond acceptors (Lipinski definition) is 6. The van der Waals surface area contributed by atoms with Crippen LogP contribution < -0.4 is 0 Å². The fourth-order valence-electron chi connectivity index (χ4n) is 7.60. The Morgan fingerprint density at radius 3 is 2.47 bits per heavy atom. The van der Waals surface area contributed by atoms with Gasteiger partial charge < -0.3 is 20.1 Å².